The van der Waals surface area contributed by atoms with E-state index in [9.17, 15) is 0 Å². The Hall–Kier alpha value is -1.56. The first-order valence-corrected chi connectivity index (χ1v) is 7.31. The van der Waals surface area contributed by atoms with Gasteiger partial charge >= 0.3 is 0 Å². The lowest BCUT2D eigenvalue weighted by Gasteiger charge is -2.05. The van der Waals surface area contributed by atoms with Crippen LogP contribution in [0.4, 0.5) is 0 Å². The third kappa shape index (κ3) is 5.30. The van der Waals surface area contributed by atoms with Crippen molar-refractivity contribution < 1.29 is 0 Å². The first kappa shape index (κ1) is 17.4. The fourth-order valence-corrected chi connectivity index (χ4v) is 1.67. The van der Waals surface area contributed by atoms with Gasteiger partial charge in [-0.3, -0.25) is 0 Å². The largest absolute Gasteiger partial charge is 0.0683 e. The summed E-state index contributed by atoms with van der Waals surface area (Å²) >= 11 is 0. The number of hydrogen-bond acceptors (Lipinski definition) is 0. The van der Waals surface area contributed by atoms with E-state index < -0.39 is 0 Å². The Balaban J connectivity index is 0.000000741. The summed E-state index contributed by atoms with van der Waals surface area (Å²) in [5, 5.41) is 0. The van der Waals surface area contributed by atoms with Gasteiger partial charge in [0.15, 0.2) is 0 Å². The minimum Gasteiger partial charge on any atom is -0.0683 e. The van der Waals surface area contributed by atoms with Crippen LogP contribution in [0.15, 0.2) is 42.5 Å². The minimum absolute atomic E-state index is 1.30. The smallest absolute Gasteiger partial charge is 0.0181 e. The van der Waals surface area contributed by atoms with Crippen molar-refractivity contribution >= 4 is 0 Å². The molecule has 0 heteroatoms. The zero-order valence-electron chi connectivity index (χ0n) is 13.5. The second kappa shape index (κ2) is 9.38. The van der Waals surface area contributed by atoms with Crippen molar-refractivity contribution in [2.45, 2.75) is 48.5 Å². The maximum Gasteiger partial charge on any atom is -0.0181 e. The van der Waals surface area contributed by atoms with E-state index in [1.807, 2.05) is 27.7 Å². The zero-order valence-corrected chi connectivity index (χ0v) is 13.5. The predicted molar refractivity (Wildman–Crippen MR) is 88.8 cm³/mol. The van der Waals surface area contributed by atoms with E-state index >= 15 is 0 Å². The number of hydrogen-bond donors (Lipinski definition) is 0. The first-order chi connectivity index (χ1) is 9.16. The van der Waals surface area contributed by atoms with E-state index in [4.69, 9.17) is 0 Å². The van der Waals surface area contributed by atoms with Crippen LogP contribution >= 0.6 is 0 Å². The van der Waals surface area contributed by atoms with Crippen LogP contribution < -0.4 is 0 Å². The van der Waals surface area contributed by atoms with Crippen molar-refractivity contribution in [1.82, 2.24) is 0 Å². The van der Waals surface area contributed by atoms with E-state index in [0.717, 1.165) is 0 Å². The molecule has 0 aliphatic rings. The fourth-order valence-electron chi connectivity index (χ4n) is 1.67. The Labute approximate surface area is 119 Å². The van der Waals surface area contributed by atoms with Gasteiger partial charge in [-0.25, -0.2) is 0 Å². The summed E-state index contributed by atoms with van der Waals surface area (Å²) in [4.78, 5) is 0. The van der Waals surface area contributed by atoms with Crippen molar-refractivity contribution in [1.29, 1.82) is 0 Å². The molecular formula is C19H28. The number of benzene rings is 2. The van der Waals surface area contributed by atoms with Crippen LogP contribution in [-0.2, 0) is 0 Å². The molecule has 0 fully saturated rings. The molecule has 0 aliphatic carbocycles. The van der Waals surface area contributed by atoms with Crippen molar-refractivity contribution in [2.75, 3.05) is 0 Å². The summed E-state index contributed by atoms with van der Waals surface area (Å²) in [5.41, 5.74) is 6.61. The van der Waals surface area contributed by atoms with Crippen LogP contribution in [0.5, 0.6) is 0 Å². The third-order valence-corrected chi connectivity index (χ3v) is 2.89. The molecule has 0 bridgehead atoms. The van der Waals surface area contributed by atoms with Crippen LogP contribution in [0.2, 0.25) is 0 Å². The topological polar surface area (TPSA) is 0 Å². The molecular weight excluding hydrogens is 228 g/mol. The highest BCUT2D eigenvalue weighted by Crippen LogP contribution is 2.22. The van der Waals surface area contributed by atoms with Crippen LogP contribution in [0.1, 0.15) is 44.4 Å². The van der Waals surface area contributed by atoms with E-state index in [-0.39, 0.29) is 0 Å². The van der Waals surface area contributed by atoms with Gasteiger partial charge in [0, 0.05) is 0 Å². The van der Waals surface area contributed by atoms with Gasteiger partial charge in [-0.05, 0) is 43.0 Å². The molecule has 2 aromatic rings. The third-order valence-electron chi connectivity index (χ3n) is 2.89. The van der Waals surface area contributed by atoms with Gasteiger partial charge in [0.1, 0.15) is 0 Å². The Bertz CT molecular complexity index is 464. The average Bonchev–Trinajstić information content (AvgIpc) is 2.47. The Morgan fingerprint density at radius 1 is 0.526 bits per heavy atom. The molecule has 0 saturated carbocycles. The molecule has 2 aromatic carbocycles. The normalized spacial score (nSPS) is 8.79. The maximum absolute atomic E-state index is 2.25. The van der Waals surface area contributed by atoms with Crippen LogP contribution in [0.25, 0.3) is 11.1 Å². The Morgan fingerprint density at radius 2 is 1.00 bits per heavy atom. The highest BCUT2D eigenvalue weighted by molar-refractivity contribution is 5.65. The molecule has 0 unspecified atom stereocenters. The van der Waals surface area contributed by atoms with Gasteiger partial charge in [0.05, 0.1) is 0 Å². The van der Waals surface area contributed by atoms with E-state index in [1.165, 1.54) is 27.8 Å². The van der Waals surface area contributed by atoms with E-state index in [1.54, 1.807) is 0 Å². The molecule has 0 amide bonds. The van der Waals surface area contributed by atoms with Gasteiger partial charge in [0.2, 0.25) is 0 Å². The number of rotatable bonds is 1. The van der Waals surface area contributed by atoms with Gasteiger partial charge < -0.3 is 0 Å². The van der Waals surface area contributed by atoms with Gasteiger partial charge in [-0.1, -0.05) is 75.7 Å². The molecule has 0 aliphatic heterocycles. The SMILES string of the molecule is CC.CC.Cc1ccc(-c2ccc(C)c(C)c2)cc1. The average molecular weight is 256 g/mol. The Kier molecular flexibility index (Phi) is 8.61. The summed E-state index contributed by atoms with van der Waals surface area (Å²) in [6.07, 6.45) is 0. The van der Waals surface area contributed by atoms with E-state index in [2.05, 4.69) is 63.2 Å². The quantitative estimate of drug-likeness (QED) is 0.559. The standard InChI is InChI=1S/C15H16.2C2H6/c1-11-4-7-14(8-5-11)15-9-6-12(2)13(3)10-15;2*1-2/h4-10H,1-3H3;2*1-2H3. The molecule has 2 rings (SSSR count). The lowest BCUT2D eigenvalue weighted by molar-refractivity contribution is 1.34. The second-order valence-corrected chi connectivity index (χ2v) is 4.17. The zero-order chi connectivity index (χ0) is 14.8. The van der Waals surface area contributed by atoms with Crippen molar-refractivity contribution in [3.05, 3.63) is 59.2 Å². The fraction of sp³-hybridized carbons (Fsp3) is 0.368. The minimum atomic E-state index is 1.30. The van der Waals surface area contributed by atoms with Crippen molar-refractivity contribution in [2.24, 2.45) is 0 Å². The monoisotopic (exact) mass is 256 g/mol. The number of aryl methyl sites for hydroxylation is 3. The lowest BCUT2D eigenvalue weighted by atomic mass is 10.00. The molecule has 0 radical (unpaired) electrons. The summed E-state index contributed by atoms with van der Waals surface area (Å²) in [7, 11) is 0. The summed E-state index contributed by atoms with van der Waals surface area (Å²) in [6, 6.07) is 15.3. The van der Waals surface area contributed by atoms with Crippen molar-refractivity contribution in [3.8, 4) is 11.1 Å². The van der Waals surface area contributed by atoms with Gasteiger partial charge in [-0.15, -0.1) is 0 Å². The van der Waals surface area contributed by atoms with Crippen LogP contribution in [-0.4, -0.2) is 0 Å². The summed E-state index contributed by atoms with van der Waals surface area (Å²) < 4.78 is 0. The highest BCUT2D eigenvalue weighted by atomic mass is 14.0. The summed E-state index contributed by atoms with van der Waals surface area (Å²) in [6.45, 7) is 14.4. The van der Waals surface area contributed by atoms with E-state index in [0.29, 0.717) is 0 Å². The predicted octanol–water partition coefficient (Wildman–Crippen LogP) is 6.33. The molecule has 0 aromatic heterocycles. The Morgan fingerprint density at radius 3 is 1.47 bits per heavy atom. The molecule has 0 N–H and O–H groups in total. The van der Waals surface area contributed by atoms with Crippen molar-refractivity contribution in [3.63, 3.8) is 0 Å². The lowest BCUT2D eigenvalue weighted by Crippen LogP contribution is -1.83. The highest BCUT2D eigenvalue weighted by Gasteiger charge is 1.98. The maximum atomic E-state index is 2.25. The molecule has 0 spiro atoms. The second-order valence-electron chi connectivity index (χ2n) is 4.17. The summed E-state index contributed by atoms with van der Waals surface area (Å²) in [5.74, 6) is 0. The van der Waals surface area contributed by atoms with Crippen LogP contribution in [0, 0.1) is 20.8 Å². The van der Waals surface area contributed by atoms with Crippen LogP contribution in [0.3, 0.4) is 0 Å². The van der Waals surface area contributed by atoms with Gasteiger partial charge in [-0.2, -0.15) is 0 Å². The first-order valence-electron chi connectivity index (χ1n) is 7.31. The molecule has 0 heterocycles. The van der Waals surface area contributed by atoms with Gasteiger partial charge in [0.25, 0.3) is 0 Å². The molecule has 0 nitrogen and oxygen atoms in total. The molecule has 19 heavy (non-hydrogen) atoms. The molecule has 104 valence electrons. The molecule has 0 atom stereocenters. The molecule has 0 saturated heterocycles.